The topological polar surface area (TPSA) is 82.8 Å². The Morgan fingerprint density at radius 2 is 1.82 bits per heavy atom. The van der Waals surface area contributed by atoms with Gasteiger partial charge in [0, 0.05) is 5.02 Å². The van der Waals surface area contributed by atoms with Gasteiger partial charge in [-0.1, -0.05) is 52.6 Å². The number of nitrogens with zero attached hydrogens (tertiary/aromatic N) is 3. The van der Waals surface area contributed by atoms with E-state index in [9.17, 15) is 9.59 Å². The van der Waals surface area contributed by atoms with Crippen molar-refractivity contribution >= 4 is 41.4 Å². The van der Waals surface area contributed by atoms with Gasteiger partial charge in [0.1, 0.15) is 5.15 Å². The van der Waals surface area contributed by atoms with E-state index in [2.05, 4.69) is 10.3 Å². The lowest BCUT2D eigenvalue weighted by Crippen LogP contribution is -2.06. The van der Waals surface area contributed by atoms with Gasteiger partial charge >= 0.3 is 11.9 Å². The first-order chi connectivity index (χ1) is 13.5. The summed E-state index contributed by atoms with van der Waals surface area (Å²) < 4.78 is 6.09. The number of esters is 1. The van der Waals surface area contributed by atoms with Gasteiger partial charge in [0.2, 0.25) is 0 Å². The second-order valence-corrected chi connectivity index (χ2v) is 6.21. The van der Waals surface area contributed by atoms with Crippen LogP contribution in [0.5, 0.6) is 0 Å². The van der Waals surface area contributed by atoms with Gasteiger partial charge in [0.15, 0.2) is 5.69 Å². The molecule has 0 aliphatic carbocycles. The van der Waals surface area contributed by atoms with E-state index in [1.807, 2.05) is 6.07 Å². The quantitative estimate of drug-likeness (QED) is 0.269. The molecule has 0 atom stereocenters. The number of hydrogen-bond acceptors (Lipinski definition) is 6. The molecule has 0 amide bonds. The summed E-state index contributed by atoms with van der Waals surface area (Å²) in [6.07, 6.45) is 1.13. The zero-order chi connectivity index (χ0) is 20.1. The minimum absolute atomic E-state index is 0.0705. The Hall–Kier alpha value is -3.16. The van der Waals surface area contributed by atoms with Crippen molar-refractivity contribution in [3.05, 3.63) is 81.6 Å². The lowest BCUT2D eigenvalue weighted by atomic mass is 10.2. The van der Waals surface area contributed by atoms with Crippen LogP contribution in [0.3, 0.4) is 0 Å². The Kier molecular flexibility index (Phi) is 6.08. The minimum atomic E-state index is -0.718. The van der Waals surface area contributed by atoms with Crippen LogP contribution in [-0.4, -0.2) is 35.0 Å². The summed E-state index contributed by atoms with van der Waals surface area (Å²) in [6, 6.07) is 15.2. The number of aromatic nitrogens is 2. The summed E-state index contributed by atoms with van der Waals surface area (Å²) in [4.78, 5) is 28.9. The van der Waals surface area contributed by atoms with Crippen LogP contribution in [0.15, 0.2) is 59.8 Å². The van der Waals surface area contributed by atoms with Crippen molar-refractivity contribution < 1.29 is 19.2 Å². The van der Waals surface area contributed by atoms with Crippen LogP contribution >= 0.6 is 23.2 Å². The molecule has 1 heterocycles. The van der Waals surface area contributed by atoms with Crippen LogP contribution in [0, 0.1) is 0 Å². The van der Waals surface area contributed by atoms with Gasteiger partial charge < -0.3 is 9.57 Å². The van der Waals surface area contributed by atoms with E-state index in [0.29, 0.717) is 10.7 Å². The molecule has 7 nitrogen and oxygen atoms in total. The average Bonchev–Trinajstić information content (AvgIpc) is 3.04. The van der Waals surface area contributed by atoms with Crippen LogP contribution in [0.2, 0.25) is 10.2 Å². The molecule has 3 aromatic rings. The first kappa shape index (κ1) is 19.6. The molecule has 9 heteroatoms. The van der Waals surface area contributed by atoms with Crippen LogP contribution in [0.4, 0.5) is 0 Å². The molecule has 0 radical (unpaired) electrons. The molecular formula is C19H13Cl2N3O4. The molecule has 0 fully saturated rings. The van der Waals surface area contributed by atoms with Gasteiger partial charge in [-0.05, 0) is 30.3 Å². The molecule has 0 bridgehead atoms. The van der Waals surface area contributed by atoms with Crippen LogP contribution in [0.25, 0.3) is 5.69 Å². The van der Waals surface area contributed by atoms with Gasteiger partial charge in [0.05, 0.1) is 30.1 Å². The molecule has 0 aliphatic rings. The van der Waals surface area contributed by atoms with Gasteiger partial charge in [-0.2, -0.15) is 5.10 Å². The highest BCUT2D eigenvalue weighted by Crippen LogP contribution is 2.23. The molecule has 0 unspecified atom stereocenters. The van der Waals surface area contributed by atoms with Crippen LogP contribution < -0.4 is 0 Å². The van der Waals surface area contributed by atoms with Crippen molar-refractivity contribution in [1.29, 1.82) is 0 Å². The van der Waals surface area contributed by atoms with E-state index >= 15 is 0 Å². The van der Waals surface area contributed by atoms with Gasteiger partial charge in [-0.3, -0.25) is 0 Å². The summed E-state index contributed by atoms with van der Waals surface area (Å²) in [5.41, 5.74) is 0.937. The molecule has 28 heavy (non-hydrogen) atoms. The van der Waals surface area contributed by atoms with Crippen molar-refractivity contribution in [2.24, 2.45) is 5.16 Å². The second-order valence-electron chi connectivity index (χ2n) is 5.42. The zero-order valence-electron chi connectivity index (χ0n) is 14.5. The monoisotopic (exact) mass is 417 g/mol. The summed E-state index contributed by atoms with van der Waals surface area (Å²) in [5.74, 6) is -1.43. The van der Waals surface area contributed by atoms with Gasteiger partial charge in [0.25, 0.3) is 0 Å². The molecule has 0 saturated heterocycles. The van der Waals surface area contributed by atoms with Crippen molar-refractivity contribution in [3.8, 4) is 5.69 Å². The Morgan fingerprint density at radius 1 is 1.07 bits per heavy atom. The van der Waals surface area contributed by atoms with Gasteiger partial charge in [-0.25, -0.2) is 14.3 Å². The fourth-order valence-corrected chi connectivity index (χ4v) is 2.77. The first-order valence-electron chi connectivity index (χ1n) is 7.94. The number of oxime groups is 1. The van der Waals surface area contributed by atoms with E-state index in [1.165, 1.54) is 23.9 Å². The molecule has 0 saturated carbocycles. The fourth-order valence-electron chi connectivity index (χ4n) is 2.31. The number of hydrogen-bond donors (Lipinski definition) is 0. The van der Waals surface area contributed by atoms with E-state index < -0.39 is 11.9 Å². The predicted octanol–water partition coefficient (Wildman–Crippen LogP) is 4.16. The normalized spacial score (nSPS) is 10.8. The number of halogens is 2. The van der Waals surface area contributed by atoms with Crippen molar-refractivity contribution in [1.82, 2.24) is 9.78 Å². The number of benzene rings is 2. The molecular weight excluding hydrogens is 405 g/mol. The fraction of sp³-hybridized carbons (Fsp3) is 0.0526. The lowest BCUT2D eigenvalue weighted by molar-refractivity contribution is 0.0519. The summed E-state index contributed by atoms with van der Waals surface area (Å²) in [7, 11) is 1.22. The molecule has 3 rings (SSSR count). The molecule has 0 aliphatic heterocycles. The Balaban J connectivity index is 1.90. The Morgan fingerprint density at radius 3 is 2.50 bits per heavy atom. The van der Waals surface area contributed by atoms with Gasteiger partial charge in [-0.15, -0.1) is 0 Å². The molecule has 0 spiro atoms. The van der Waals surface area contributed by atoms with Crippen molar-refractivity contribution in [2.75, 3.05) is 7.11 Å². The highest BCUT2D eigenvalue weighted by atomic mass is 35.5. The zero-order valence-corrected chi connectivity index (χ0v) is 16.0. The smallest absolute Gasteiger partial charge is 0.365 e. The predicted molar refractivity (Wildman–Crippen MR) is 104 cm³/mol. The number of carbonyl (C=O) groups excluding carboxylic acids is 2. The largest absolute Gasteiger partial charge is 0.464 e. The summed E-state index contributed by atoms with van der Waals surface area (Å²) >= 11 is 12.2. The maximum atomic E-state index is 12.0. The maximum Gasteiger partial charge on any atom is 0.365 e. The highest BCUT2D eigenvalue weighted by molar-refractivity contribution is 6.33. The second kappa shape index (κ2) is 8.69. The molecule has 0 N–H and O–H groups in total. The summed E-state index contributed by atoms with van der Waals surface area (Å²) in [6.45, 7) is 0. The van der Waals surface area contributed by atoms with E-state index in [0.717, 1.165) is 6.21 Å². The SMILES string of the molecule is COC(=O)c1nn(-c2ccccc2)c(Cl)c1/C=N/OC(=O)c1cccc(Cl)c1. The summed E-state index contributed by atoms with van der Waals surface area (Å²) in [5, 5.41) is 8.30. The number of carbonyl (C=O) groups is 2. The van der Waals surface area contributed by atoms with E-state index in [1.54, 1.807) is 36.4 Å². The van der Waals surface area contributed by atoms with Crippen LogP contribution in [0.1, 0.15) is 26.4 Å². The van der Waals surface area contributed by atoms with E-state index in [-0.39, 0.29) is 22.0 Å². The number of rotatable bonds is 5. The molecule has 2 aromatic carbocycles. The minimum Gasteiger partial charge on any atom is -0.464 e. The highest BCUT2D eigenvalue weighted by Gasteiger charge is 2.22. The molecule has 142 valence electrons. The lowest BCUT2D eigenvalue weighted by Gasteiger charge is -2.01. The average molecular weight is 418 g/mol. The third-order valence-corrected chi connectivity index (χ3v) is 4.22. The molecule has 1 aromatic heterocycles. The van der Waals surface area contributed by atoms with Crippen molar-refractivity contribution in [3.63, 3.8) is 0 Å². The number of methoxy groups -OCH3 is 1. The Bertz CT molecular complexity index is 1050. The number of ether oxygens (including phenoxy) is 1. The third kappa shape index (κ3) is 4.21. The number of para-hydroxylation sites is 1. The van der Waals surface area contributed by atoms with Crippen LogP contribution in [-0.2, 0) is 9.57 Å². The first-order valence-corrected chi connectivity index (χ1v) is 8.69. The van der Waals surface area contributed by atoms with E-state index in [4.69, 9.17) is 32.8 Å². The Labute approximate surface area is 170 Å². The standard InChI is InChI=1S/C19H13Cl2N3O4/c1-27-19(26)16-15(17(21)24(23-16)14-8-3-2-4-9-14)11-22-28-18(25)12-6-5-7-13(20)10-12/h2-11H,1H3/b22-11+. The maximum absolute atomic E-state index is 12.0. The third-order valence-electron chi connectivity index (χ3n) is 3.62. The van der Waals surface area contributed by atoms with Crippen molar-refractivity contribution in [2.45, 2.75) is 0 Å².